The van der Waals surface area contributed by atoms with Crippen molar-refractivity contribution in [2.75, 3.05) is 0 Å². The molecule has 0 saturated carbocycles. The van der Waals surface area contributed by atoms with Crippen molar-refractivity contribution in [2.24, 2.45) is 0 Å². The van der Waals surface area contributed by atoms with Crippen molar-refractivity contribution in [2.45, 2.75) is 75.8 Å². The maximum absolute atomic E-state index is 2.48. The van der Waals surface area contributed by atoms with Gasteiger partial charge in [-0.2, -0.15) is 0 Å². The predicted molar refractivity (Wildman–Crippen MR) is 62.0 cm³/mol. The highest BCUT2D eigenvalue weighted by Gasteiger charge is 2.42. The summed E-state index contributed by atoms with van der Waals surface area (Å²) in [5, 5.41) is 0.630. The van der Waals surface area contributed by atoms with E-state index in [4.69, 9.17) is 0 Å². The molecule has 0 aromatic heterocycles. The van der Waals surface area contributed by atoms with Crippen LogP contribution in [-0.4, -0.2) is 16.5 Å². The Morgan fingerprint density at radius 1 is 0.846 bits per heavy atom. The van der Waals surface area contributed by atoms with Gasteiger partial charge in [-0.15, -0.1) is 0 Å². The lowest BCUT2D eigenvalue weighted by molar-refractivity contribution is 0.556. The number of fused-ring (bicyclic) bond motifs is 2. The van der Waals surface area contributed by atoms with E-state index in [0.29, 0.717) is 13.1 Å². The van der Waals surface area contributed by atoms with Gasteiger partial charge in [-0.25, -0.2) is 0 Å². The van der Waals surface area contributed by atoms with Crippen LogP contribution in [0.3, 0.4) is 0 Å². The van der Waals surface area contributed by atoms with E-state index in [1.165, 1.54) is 12.8 Å². The first-order valence-electron chi connectivity index (χ1n) is 5.87. The SMILES string of the molecule is CC(C)(C)P1[C@@H]2CCCC[C@H]1CC2. The van der Waals surface area contributed by atoms with Gasteiger partial charge in [-0.05, 0) is 42.2 Å². The molecule has 0 nitrogen and oxygen atoms in total. The number of hydrogen-bond donors (Lipinski definition) is 0. The van der Waals surface area contributed by atoms with E-state index in [1.54, 1.807) is 25.7 Å². The van der Waals surface area contributed by atoms with Gasteiger partial charge in [0.2, 0.25) is 0 Å². The summed E-state index contributed by atoms with van der Waals surface area (Å²) >= 11 is 0. The van der Waals surface area contributed by atoms with Gasteiger partial charge in [0.25, 0.3) is 0 Å². The first-order chi connectivity index (χ1) is 6.09. The number of hydrogen-bond acceptors (Lipinski definition) is 0. The molecule has 0 amide bonds. The summed E-state index contributed by atoms with van der Waals surface area (Å²) in [4.78, 5) is 0. The Morgan fingerprint density at radius 3 is 1.69 bits per heavy atom. The Balaban J connectivity index is 2.16. The smallest absolute Gasteiger partial charge is 0.0174 e. The molecule has 0 radical (unpaired) electrons. The van der Waals surface area contributed by atoms with Crippen LogP contribution in [0.25, 0.3) is 0 Å². The molecule has 1 heteroatoms. The predicted octanol–water partition coefficient (Wildman–Crippen LogP) is 4.37. The van der Waals surface area contributed by atoms with E-state index in [2.05, 4.69) is 20.8 Å². The molecular formula is C12H23P. The molecule has 76 valence electrons. The summed E-state index contributed by atoms with van der Waals surface area (Å²) in [7, 11) is 0.349. The molecule has 13 heavy (non-hydrogen) atoms. The van der Waals surface area contributed by atoms with E-state index >= 15 is 0 Å². The van der Waals surface area contributed by atoms with E-state index < -0.39 is 0 Å². The van der Waals surface area contributed by atoms with Crippen LogP contribution in [0.2, 0.25) is 0 Å². The molecule has 0 aromatic rings. The Morgan fingerprint density at radius 2 is 1.31 bits per heavy atom. The third-order valence-corrected chi connectivity index (χ3v) is 7.87. The van der Waals surface area contributed by atoms with E-state index in [0.717, 1.165) is 11.3 Å². The van der Waals surface area contributed by atoms with Crippen molar-refractivity contribution in [3.05, 3.63) is 0 Å². The van der Waals surface area contributed by atoms with Gasteiger partial charge in [0.05, 0.1) is 0 Å². The highest BCUT2D eigenvalue weighted by Crippen LogP contribution is 2.67. The second kappa shape index (κ2) is 3.54. The fraction of sp³-hybridized carbons (Fsp3) is 1.00. The summed E-state index contributed by atoms with van der Waals surface area (Å²) in [6.45, 7) is 7.44. The highest BCUT2D eigenvalue weighted by molar-refractivity contribution is 7.61. The Labute approximate surface area is 84.2 Å². The van der Waals surface area contributed by atoms with Gasteiger partial charge in [0.1, 0.15) is 0 Å². The zero-order chi connectivity index (χ0) is 9.47. The van der Waals surface area contributed by atoms with Crippen molar-refractivity contribution in [1.29, 1.82) is 0 Å². The molecule has 0 aromatic carbocycles. The first-order valence-corrected chi connectivity index (χ1v) is 7.35. The van der Waals surface area contributed by atoms with Crippen LogP contribution in [0, 0.1) is 0 Å². The Hall–Kier alpha value is 0.430. The molecule has 0 spiro atoms. The summed E-state index contributed by atoms with van der Waals surface area (Å²) in [5.41, 5.74) is 2.28. The molecule has 2 saturated heterocycles. The third kappa shape index (κ3) is 1.94. The second-order valence-corrected chi connectivity index (χ2v) is 9.36. The lowest BCUT2D eigenvalue weighted by Crippen LogP contribution is -2.20. The van der Waals surface area contributed by atoms with Gasteiger partial charge in [-0.1, -0.05) is 41.5 Å². The largest absolute Gasteiger partial charge is 0.0948 e. The maximum Gasteiger partial charge on any atom is -0.0174 e. The molecule has 1 unspecified atom stereocenters. The van der Waals surface area contributed by atoms with Gasteiger partial charge < -0.3 is 0 Å². The maximum atomic E-state index is 2.48. The monoisotopic (exact) mass is 198 g/mol. The molecule has 0 N–H and O–H groups in total. The van der Waals surface area contributed by atoms with Crippen LogP contribution in [-0.2, 0) is 0 Å². The zero-order valence-corrected chi connectivity index (χ0v) is 10.2. The van der Waals surface area contributed by atoms with E-state index in [1.807, 2.05) is 0 Å². The summed E-state index contributed by atoms with van der Waals surface area (Å²) in [5.74, 6) is 0. The minimum Gasteiger partial charge on any atom is -0.0948 e. The van der Waals surface area contributed by atoms with Crippen molar-refractivity contribution < 1.29 is 0 Å². The molecule has 2 heterocycles. The molecule has 0 aliphatic carbocycles. The molecule has 2 rings (SSSR count). The highest BCUT2D eigenvalue weighted by atomic mass is 31.1. The van der Waals surface area contributed by atoms with Gasteiger partial charge in [0, 0.05) is 0 Å². The normalized spacial score (nSPS) is 40.4. The molecule has 2 aliphatic rings. The van der Waals surface area contributed by atoms with Crippen LogP contribution in [0.4, 0.5) is 0 Å². The minimum absolute atomic E-state index is 0.349. The number of rotatable bonds is 0. The van der Waals surface area contributed by atoms with Crippen molar-refractivity contribution >= 4 is 7.92 Å². The minimum atomic E-state index is 0.349. The fourth-order valence-corrected chi connectivity index (χ4v) is 7.95. The summed E-state index contributed by atoms with van der Waals surface area (Å²) in [6.07, 6.45) is 9.28. The summed E-state index contributed by atoms with van der Waals surface area (Å²) in [6, 6.07) is 0. The Kier molecular flexibility index (Phi) is 2.71. The fourth-order valence-electron chi connectivity index (χ4n) is 3.38. The van der Waals surface area contributed by atoms with Crippen LogP contribution >= 0.6 is 7.92 Å². The van der Waals surface area contributed by atoms with Gasteiger partial charge in [-0.3, -0.25) is 0 Å². The van der Waals surface area contributed by atoms with Crippen LogP contribution in [0.5, 0.6) is 0 Å². The average Bonchev–Trinajstić information content (AvgIpc) is 2.22. The second-order valence-electron chi connectivity index (χ2n) is 5.75. The lowest BCUT2D eigenvalue weighted by atomic mass is 10.0. The zero-order valence-electron chi connectivity index (χ0n) is 9.34. The van der Waals surface area contributed by atoms with Crippen molar-refractivity contribution in [3.63, 3.8) is 0 Å². The van der Waals surface area contributed by atoms with Crippen molar-refractivity contribution in [3.8, 4) is 0 Å². The van der Waals surface area contributed by atoms with Crippen molar-refractivity contribution in [1.82, 2.24) is 0 Å². The van der Waals surface area contributed by atoms with Crippen LogP contribution < -0.4 is 0 Å². The topological polar surface area (TPSA) is 0 Å². The van der Waals surface area contributed by atoms with Gasteiger partial charge in [0.15, 0.2) is 0 Å². The quantitative estimate of drug-likeness (QED) is 0.507. The average molecular weight is 198 g/mol. The van der Waals surface area contributed by atoms with Crippen LogP contribution in [0.1, 0.15) is 59.3 Å². The standard InChI is InChI=1S/C12H23P/c1-12(2,3)13-10-6-4-5-7-11(13)9-8-10/h10-11H,4-9H2,1-3H3/t10-,11+,13?. The van der Waals surface area contributed by atoms with Gasteiger partial charge >= 0.3 is 0 Å². The summed E-state index contributed by atoms with van der Waals surface area (Å²) < 4.78 is 0. The molecule has 2 fully saturated rings. The first kappa shape index (κ1) is 9.97. The third-order valence-electron chi connectivity index (χ3n) is 3.72. The Bertz CT molecular complexity index is 166. The molecule has 2 bridgehead atoms. The van der Waals surface area contributed by atoms with E-state index in [9.17, 15) is 0 Å². The molecule has 2 aliphatic heterocycles. The molecule has 3 atom stereocenters. The molecular weight excluding hydrogens is 175 g/mol. The lowest BCUT2D eigenvalue weighted by Gasteiger charge is -2.36. The van der Waals surface area contributed by atoms with Crippen LogP contribution in [0.15, 0.2) is 0 Å². The van der Waals surface area contributed by atoms with E-state index in [-0.39, 0.29) is 0 Å².